The van der Waals surface area contributed by atoms with E-state index < -0.39 is 0 Å². The van der Waals surface area contributed by atoms with Crippen LogP contribution in [0, 0.1) is 0 Å². The molecule has 2 aromatic rings. The summed E-state index contributed by atoms with van der Waals surface area (Å²) in [6.45, 7) is 0. The third kappa shape index (κ3) is 2.44. The van der Waals surface area contributed by atoms with E-state index >= 15 is 0 Å². The van der Waals surface area contributed by atoms with Crippen LogP contribution in [0.1, 0.15) is 32.1 Å². The van der Waals surface area contributed by atoms with Crippen molar-refractivity contribution in [2.45, 2.75) is 38.1 Å². The van der Waals surface area contributed by atoms with Gasteiger partial charge in [-0.3, -0.25) is 4.98 Å². The molecule has 0 amide bonds. The maximum atomic E-state index is 6.00. The van der Waals surface area contributed by atoms with Crippen LogP contribution in [0.2, 0.25) is 5.02 Å². The maximum absolute atomic E-state index is 6.00. The molecule has 1 aliphatic rings. The fourth-order valence-corrected chi connectivity index (χ4v) is 2.88. The molecular weight excluding hydrogens is 244 g/mol. The Bertz CT molecular complexity index is 547. The average molecular weight is 261 g/mol. The van der Waals surface area contributed by atoms with Crippen LogP contribution in [0.15, 0.2) is 30.5 Å². The molecule has 1 aromatic carbocycles. The predicted molar refractivity (Wildman–Crippen MR) is 77.2 cm³/mol. The van der Waals surface area contributed by atoms with Crippen LogP contribution < -0.4 is 5.32 Å². The van der Waals surface area contributed by atoms with Gasteiger partial charge in [-0.15, -0.1) is 0 Å². The number of aromatic nitrogens is 1. The van der Waals surface area contributed by atoms with E-state index in [2.05, 4.69) is 22.4 Å². The smallest absolute Gasteiger partial charge is 0.0737 e. The van der Waals surface area contributed by atoms with E-state index in [-0.39, 0.29) is 0 Å². The van der Waals surface area contributed by atoms with Gasteiger partial charge >= 0.3 is 0 Å². The molecule has 0 unspecified atom stereocenters. The Kier molecular flexibility index (Phi) is 3.37. The molecule has 1 fully saturated rings. The van der Waals surface area contributed by atoms with Crippen molar-refractivity contribution in [1.82, 2.24) is 4.98 Å². The minimum absolute atomic E-state index is 0.611. The highest BCUT2D eigenvalue weighted by molar-refractivity contribution is 6.31. The second-order valence-corrected chi connectivity index (χ2v) is 5.44. The zero-order valence-corrected chi connectivity index (χ0v) is 11.1. The topological polar surface area (TPSA) is 24.9 Å². The molecule has 1 heterocycles. The van der Waals surface area contributed by atoms with Crippen molar-refractivity contribution >= 4 is 28.2 Å². The summed E-state index contributed by atoms with van der Waals surface area (Å²) in [6.07, 6.45) is 8.46. The Hall–Kier alpha value is -1.28. The highest BCUT2D eigenvalue weighted by atomic mass is 35.5. The molecular formula is C15H17ClN2. The Morgan fingerprint density at radius 3 is 2.78 bits per heavy atom. The van der Waals surface area contributed by atoms with E-state index in [1.54, 1.807) is 0 Å². The number of hydrogen-bond donors (Lipinski definition) is 1. The first-order valence-electron chi connectivity index (χ1n) is 6.64. The lowest BCUT2D eigenvalue weighted by Gasteiger charge is -2.24. The Morgan fingerprint density at radius 1 is 1.11 bits per heavy atom. The second-order valence-electron chi connectivity index (χ2n) is 5.00. The first kappa shape index (κ1) is 11.8. The molecule has 0 saturated heterocycles. The largest absolute Gasteiger partial charge is 0.382 e. The monoisotopic (exact) mass is 260 g/mol. The first-order valence-corrected chi connectivity index (χ1v) is 7.01. The lowest BCUT2D eigenvalue weighted by Crippen LogP contribution is -2.22. The fourth-order valence-electron chi connectivity index (χ4n) is 2.71. The van der Waals surface area contributed by atoms with E-state index in [0.717, 1.165) is 15.9 Å². The van der Waals surface area contributed by atoms with Gasteiger partial charge in [0.05, 0.1) is 5.52 Å². The summed E-state index contributed by atoms with van der Waals surface area (Å²) in [4.78, 5) is 4.37. The van der Waals surface area contributed by atoms with E-state index in [0.29, 0.717) is 6.04 Å². The number of nitrogens with one attached hydrogen (secondary N) is 1. The number of fused-ring (bicyclic) bond motifs is 1. The molecule has 0 aliphatic heterocycles. The summed E-state index contributed by atoms with van der Waals surface area (Å²) in [5.41, 5.74) is 2.15. The van der Waals surface area contributed by atoms with Crippen molar-refractivity contribution in [2.24, 2.45) is 0 Å². The number of benzene rings is 1. The van der Waals surface area contributed by atoms with E-state index in [9.17, 15) is 0 Å². The average Bonchev–Trinajstić information content (AvgIpc) is 2.40. The van der Waals surface area contributed by atoms with Crippen LogP contribution >= 0.6 is 11.6 Å². The lowest BCUT2D eigenvalue weighted by atomic mass is 9.95. The molecule has 0 bridgehead atoms. The number of halogens is 1. The third-order valence-electron chi connectivity index (χ3n) is 3.67. The molecule has 18 heavy (non-hydrogen) atoms. The summed E-state index contributed by atoms with van der Waals surface area (Å²) in [5, 5.41) is 5.56. The lowest BCUT2D eigenvalue weighted by molar-refractivity contribution is 0.463. The SMILES string of the molecule is Clc1ccc2c(NC3CCCCC3)ccnc2c1. The minimum atomic E-state index is 0.611. The van der Waals surface area contributed by atoms with Gasteiger partial charge in [0.2, 0.25) is 0 Å². The van der Waals surface area contributed by atoms with Crippen molar-refractivity contribution in [2.75, 3.05) is 5.32 Å². The number of pyridine rings is 1. The van der Waals surface area contributed by atoms with Crippen LogP contribution in [-0.2, 0) is 0 Å². The number of nitrogens with zero attached hydrogens (tertiary/aromatic N) is 1. The number of hydrogen-bond acceptors (Lipinski definition) is 2. The van der Waals surface area contributed by atoms with Gasteiger partial charge in [-0.2, -0.15) is 0 Å². The maximum Gasteiger partial charge on any atom is 0.0737 e. The fraction of sp³-hybridized carbons (Fsp3) is 0.400. The van der Waals surface area contributed by atoms with Crippen LogP contribution in [0.3, 0.4) is 0 Å². The molecule has 0 radical (unpaired) electrons. The molecule has 1 aliphatic carbocycles. The molecule has 2 nitrogen and oxygen atoms in total. The summed E-state index contributed by atoms with van der Waals surface area (Å²) >= 11 is 6.00. The van der Waals surface area contributed by atoms with Crippen molar-refractivity contribution in [3.8, 4) is 0 Å². The number of anilines is 1. The summed E-state index contributed by atoms with van der Waals surface area (Å²) in [7, 11) is 0. The highest BCUT2D eigenvalue weighted by Gasteiger charge is 2.14. The van der Waals surface area contributed by atoms with Gasteiger partial charge < -0.3 is 5.32 Å². The van der Waals surface area contributed by atoms with Gasteiger partial charge in [0.1, 0.15) is 0 Å². The van der Waals surface area contributed by atoms with Gasteiger partial charge in [-0.05, 0) is 37.1 Å². The minimum Gasteiger partial charge on any atom is -0.382 e. The van der Waals surface area contributed by atoms with E-state index in [1.165, 1.54) is 37.8 Å². The first-order chi connectivity index (χ1) is 8.83. The quantitative estimate of drug-likeness (QED) is 0.851. The van der Waals surface area contributed by atoms with Gasteiger partial charge in [0.25, 0.3) is 0 Å². The van der Waals surface area contributed by atoms with Gasteiger partial charge in [-0.1, -0.05) is 30.9 Å². The molecule has 1 N–H and O–H groups in total. The van der Waals surface area contributed by atoms with Gasteiger partial charge in [0.15, 0.2) is 0 Å². The predicted octanol–water partition coefficient (Wildman–Crippen LogP) is 4.63. The van der Waals surface area contributed by atoms with Crippen molar-refractivity contribution in [3.05, 3.63) is 35.5 Å². The summed E-state index contributed by atoms with van der Waals surface area (Å²) in [6, 6.07) is 8.57. The molecule has 0 atom stereocenters. The number of rotatable bonds is 2. The zero-order valence-electron chi connectivity index (χ0n) is 10.3. The van der Waals surface area contributed by atoms with Crippen molar-refractivity contribution in [1.29, 1.82) is 0 Å². The van der Waals surface area contributed by atoms with Gasteiger partial charge in [0, 0.05) is 28.3 Å². The second kappa shape index (κ2) is 5.15. The van der Waals surface area contributed by atoms with Crippen molar-refractivity contribution < 1.29 is 0 Å². The molecule has 3 heteroatoms. The summed E-state index contributed by atoms with van der Waals surface area (Å²) < 4.78 is 0. The molecule has 94 valence electrons. The molecule has 0 spiro atoms. The Morgan fingerprint density at radius 2 is 1.94 bits per heavy atom. The van der Waals surface area contributed by atoms with Crippen LogP contribution in [-0.4, -0.2) is 11.0 Å². The van der Waals surface area contributed by atoms with E-state index in [4.69, 9.17) is 11.6 Å². The highest BCUT2D eigenvalue weighted by Crippen LogP contribution is 2.27. The van der Waals surface area contributed by atoms with Crippen LogP contribution in [0.4, 0.5) is 5.69 Å². The standard InChI is InChI=1S/C15H17ClN2/c16-11-6-7-13-14(8-9-17-15(13)10-11)18-12-4-2-1-3-5-12/h6-10,12H,1-5H2,(H,17,18). The summed E-state index contributed by atoms with van der Waals surface area (Å²) in [5.74, 6) is 0. The molecule has 3 rings (SSSR count). The Labute approximate surface area is 112 Å². The van der Waals surface area contributed by atoms with E-state index in [1.807, 2.05) is 18.3 Å². The third-order valence-corrected chi connectivity index (χ3v) is 3.90. The zero-order chi connectivity index (χ0) is 12.4. The van der Waals surface area contributed by atoms with Crippen LogP contribution in [0.25, 0.3) is 10.9 Å². The Balaban J connectivity index is 1.91. The molecule has 1 aromatic heterocycles. The van der Waals surface area contributed by atoms with Gasteiger partial charge in [-0.25, -0.2) is 0 Å². The molecule has 1 saturated carbocycles. The van der Waals surface area contributed by atoms with Crippen molar-refractivity contribution in [3.63, 3.8) is 0 Å². The van der Waals surface area contributed by atoms with Crippen LogP contribution in [0.5, 0.6) is 0 Å². The normalized spacial score (nSPS) is 16.9.